The third kappa shape index (κ3) is 4.57. The van der Waals surface area contributed by atoms with Crippen LogP contribution in [0.15, 0.2) is 67.0 Å². The van der Waals surface area contributed by atoms with Crippen molar-refractivity contribution in [1.82, 2.24) is 4.98 Å². The molecule has 1 aromatic heterocycles. The molecule has 0 atom stereocenters. The van der Waals surface area contributed by atoms with Crippen LogP contribution in [0.1, 0.15) is 15.9 Å². The van der Waals surface area contributed by atoms with Crippen LogP contribution in [0.5, 0.6) is 0 Å². The number of benzene rings is 2. The number of nitrogens with zero attached hydrogens (tertiary/aromatic N) is 1. The van der Waals surface area contributed by atoms with E-state index in [0.29, 0.717) is 10.7 Å². The molecule has 2 aromatic carbocycles. The Morgan fingerprint density at radius 2 is 1.63 bits per heavy atom. The minimum atomic E-state index is -4.50. The van der Waals surface area contributed by atoms with Crippen molar-refractivity contribution in [2.24, 2.45) is 0 Å². The molecule has 0 saturated carbocycles. The van der Waals surface area contributed by atoms with Crippen molar-refractivity contribution in [3.05, 3.63) is 83.1 Å². The van der Waals surface area contributed by atoms with E-state index in [0.717, 1.165) is 6.07 Å². The van der Waals surface area contributed by atoms with Gasteiger partial charge in [-0.1, -0.05) is 35.9 Å². The van der Waals surface area contributed by atoms with Crippen molar-refractivity contribution in [3.63, 3.8) is 0 Å². The Hall–Kier alpha value is -3.06. The summed E-state index contributed by atoms with van der Waals surface area (Å²) in [6.45, 7) is 0. The van der Waals surface area contributed by atoms with Gasteiger partial charge in [-0.2, -0.15) is 13.2 Å². The summed E-state index contributed by atoms with van der Waals surface area (Å²) >= 11 is 6.01. The lowest BCUT2D eigenvalue weighted by atomic mass is 10.1. The average molecular weight is 392 g/mol. The molecule has 0 aliphatic heterocycles. The van der Waals surface area contributed by atoms with Crippen LogP contribution in [0, 0.1) is 0 Å². The van der Waals surface area contributed by atoms with E-state index in [-0.39, 0.29) is 16.9 Å². The fraction of sp³-hybridized carbons (Fsp3) is 0.0526. The van der Waals surface area contributed by atoms with E-state index in [4.69, 9.17) is 11.6 Å². The van der Waals surface area contributed by atoms with Gasteiger partial charge in [-0.15, -0.1) is 0 Å². The van der Waals surface area contributed by atoms with E-state index < -0.39 is 17.6 Å². The van der Waals surface area contributed by atoms with E-state index in [1.807, 2.05) is 0 Å². The van der Waals surface area contributed by atoms with E-state index in [2.05, 4.69) is 15.6 Å². The smallest absolute Gasteiger partial charge is 0.354 e. The lowest BCUT2D eigenvalue weighted by Crippen LogP contribution is -2.13. The molecular formula is C19H13ClF3N3O. The summed E-state index contributed by atoms with van der Waals surface area (Å²) in [6.07, 6.45) is -1.86. The van der Waals surface area contributed by atoms with Gasteiger partial charge in [0.05, 0.1) is 39.4 Å². The Kier molecular flexibility index (Phi) is 5.32. The first kappa shape index (κ1) is 18.7. The van der Waals surface area contributed by atoms with E-state index in [1.165, 1.54) is 36.7 Å². The number of alkyl halides is 3. The number of rotatable bonds is 4. The molecule has 0 radical (unpaired) electrons. The van der Waals surface area contributed by atoms with Gasteiger partial charge in [0.15, 0.2) is 0 Å². The second-order valence-corrected chi connectivity index (χ2v) is 5.97. The fourth-order valence-electron chi connectivity index (χ4n) is 2.38. The number of para-hydroxylation sites is 2. The van der Waals surface area contributed by atoms with Crippen LogP contribution in [0.3, 0.4) is 0 Å². The topological polar surface area (TPSA) is 54.0 Å². The lowest BCUT2D eigenvalue weighted by molar-refractivity contribution is -0.136. The Labute approximate surface area is 158 Å². The first-order valence-electron chi connectivity index (χ1n) is 7.79. The van der Waals surface area contributed by atoms with Gasteiger partial charge < -0.3 is 10.6 Å². The largest absolute Gasteiger partial charge is 0.418 e. The Bertz CT molecular complexity index is 976. The van der Waals surface area contributed by atoms with Crippen molar-refractivity contribution in [3.8, 4) is 0 Å². The van der Waals surface area contributed by atoms with Gasteiger partial charge in [-0.25, -0.2) is 0 Å². The number of aromatic nitrogens is 1. The molecule has 1 heterocycles. The van der Waals surface area contributed by atoms with E-state index >= 15 is 0 Å². The summed E-state index contributed by atoms with van der Waals surface area (Å²) in [7, 11) is 0. The van der Waals surface area contributed by atoms with Crippen molar-refractivity contribution in [2.45, 2.75) is 6.18 Å². The van der Waals surface area contributed by atoms with Crippen LogP contribution < -0.4 is 10.6 Å². The zero-order valence-corrected chi connectivity index (χ0v) is 14.5. The molecular weight excluding hydrogens is 379 g/mol. The molecule has 0 unspecified atom stereocenters. The average Bonchev–Trinajstić information content (AvgIpc) is 2.63. The zero-order chi connectivity index (χ0) is 19.4. The molecule has 0 bridgehead atoms. The summed E-state index contributed by atoms with van der Waals surface area (Å²) in [4.78, 5) is 16.3. The van der Waals surface area contributed by atoms with Gasteiger partial charge in [0, 0.05) is 6.20 Å². The highest BCUT2D eigenvalue weighted by Crippen LogP contribution is 2.35. The molecule has 0 saturated heterocycles. The van der Waals surface area contributed by atoms with Crippen LogP contribution in [0.4, 0.5) is 30.2 Å². The molecule has 1 amide bonds. The Balaban J connectivity index is 1.83. The van der Waals surface area contributed by atoms with Crippen molar-refractivity contribution in [1.29, 1.82) is 0 Å². The lowest BCUT2D eigenvalue weighted by Gasteiger charge is -2.14. The number of anilines is 3. The maximum Gasteiger partial charge on any atom is 0.418 e. The third-order valence-corrected chi connectivity index (χ3v) is 3.96. The van der Waals surface area contributed by atoms with Crippen LogP contribution in [-0.4, -0.2) is 10.9 Å². The number of hydrogen-bond donors (Lipinski definition) is 2. The molecule has 0 spiro atoms. The number of halogens is 4. The van der Waals surface area contributed by atoms with E-state index in [1.54, 1.807) is 24.3 Å². The Morgan fingerprint density at radius 3 is 2.33 bits per heavy atom. The number of pyridine rings is 1. The number of amides is 1. The summed E-state index contributed by atoms with van der Waals surface area (Å²) in [5.41, 5.74) is -0.0979. The zero-order valence-electron chi connectivity index (χ0n) is 13.7. The summed E-state index contributed by atoms with van der Waals surface area (Å²) in [5.74, 6) is -0.483. The van der Waals surface area contributed by atoms with E-state index in [9.17, 15) is 18.0 Å². The van der Waals surface area contributed by atoms with Gasteiger partial charge in [0.1, 0.15) is 0 Å². The minimum absolute atomic E-state index is 0.129. The molecule has 0 aliphatic carbocycles. The first-order valence-corrected chi connectivity index (χ1v) is 8.16. The van der Waals surface area contributed by atoms with Crippen LogP contribution in [0.2, 0.25) is 5.02 Å². The van der Waals surface area contributed by atoms with Crippen molar-refractivity contribution < 1.29 is 18.0 Å². The third-order valence-electron chi connectivity index (χ3n) is 3.63. The number of carbonyl (C=O) groups excluding carboxylic acids is 1. The Morgan fingerprint density at radius 1 is 0.963 bits per heavy atom. The predicted molar refractivity (Wildman–Crippen MR) is 98.4 cm³/mol. The molecule has 27 heavy (non-hydrogen) atoms. The maximum atomic E-state index is 13.1. The number of nitrogens with one attached hydrogen (secondary N) is 2. The SMILES string of the molecule is O=C(Nc1ccccc1Cl)c1cncc(Nc2ccccc2C(F)(F)F)c1. The van der Waals surface area contributed by atoms with Gasteiger partial charge >= 0.3 is 6.18 Å². The van der Waals surface area contributed by atoms with Gasteiger partial charge in [0.2, 0.25) is 0 Å². The normalized spacial score (nSPS) is 11.1. The van der Waals surface area contributed by atoms with Crippen LogP contribution in [-0.2, 0) is 6.18 Å². The van der Waals surface area contributed by atoms with Crippen LogP contribution >= 0.6 is 11.6 Å². The summed E-state index contributed by atoms with van der Waals surface area (Å²) in [6, 6.07) is 13.2. The van der Waals surface area contributed by atoms with Crippen molar-refractivity contribution >= 4 is 34.6 Å². The maximum absolute atomic E-state index is 13.1. The second kappa shape index (κ2) is 7.67. The number of hydrogen-bond acceptors (Lipinski definition) is 3. The highest BCUT2D eigenvalue weighted by molar-refractivity contribution is 6.33. The highest BCUT2D eigenvalue weighted by Gasteiger charge is 2.33. The monoisotopic (exact) mass is 391 g/mol. The van der Waals surface area contributed by atoms with Crippen LogP contribution in [0.25, 0.3) is 0 Å². The highest BCUT2D eigenvalue weighted by atomic mass is 35.5. The molecule has 8 heteroatoms. The number of carbonyl (C=O) groups is 1. The molecule has 0 aliphatic rings. The van der Waals surface area contributed by atoms with Gasteiger partial charge in [0.25, 0.3) is 5.91 Å². The standard InChI is InChI=1S/C19H13ClF3N3O/c20-15-6-2-4-8-17(15)26-18(27)12-9-13(11-24-10-12)25-16-7-3-1-5-14(16)19(21,22)23/h1-11,25H,(H,26,27). The quantitative estimate of drug-likeness (QED) is 0.595. The summed E-state index contributed by atoms with van der Waals surface area (Å²) < 4.78 is 39.3. The predicted octanol–water partition coefficient (Wildman–Crippen LogP) is 5.75. The molecule has 3 rings (SSSR count). The molecule has 4 nitrogen and oxygen atoms in total. The molecule has 0 fully saturated rings. The first-order chi connectivity index (χ1) is 12.8. The minimum Gasteiger partial charge on any atom is -0.354 e. The fourth-order valence-corrected chi connectivity index (χ4v) is 2.57. The van der Waals surface area contributed by atoms with Crippen molar-refractivity contribution in [2.75, 3.05) is 10.6 Å². The van der Waals surface area contributed by atoms with Gasteiger partial charge in [-0.05, 0) is 30.3 Å². The second-order valence-electron chi connectivity index (χ2n) is 5.56. The molecule has 3 aromatic rings. The summed E-state index contributed by atoms with van der Waals surface area (Å²) in [5, 5.41) is 5.66. The molecule has 138 valence electrons. The van der Waals surface area contributed by atoms with Gasteiger partial charge in [-0.3, -0.25) is 9.78 Å². The molecule has 2 N–H and O–H groups in total.